The molecule has 1 rings (SSSR count). The zero-order chi connectivity index (χ0) is 14.3. The highest BCUT2D eigenvalue weighted by Gasteiger charge is 2.08. The Morgan fingerprint density at radius 3 is 2.47 bits per heavy atom. The van der Waals surface area contributed by atoms with Crippen LogP contribution < -0.4 is 5.32 Å². The molecule has 0 fully saturated rings. The van der Waals surface area contributed by atoms with E-state index in [-0.39, 0.29) is 17.4 Å². The molecule has 1 aromatic carbocycles. The second kappa shape index (κ2) is 7.63. The third kappa shape index (κ3) is 4.79. The standard InChI is InChI=1S/C14H22N2O3/c1-3-16(4-2)9-5-8-15-14(19)11-6-7-12(17)13(18)10-11/h6-7,10,17-18H,3-5,8-9H2,1-2H3,(H,15,19). The minimum atomic E-state index is -0.282. The number of amides is 1. The molecule has 1 aromatic rings. The van der Waals surface area contributed by atoms with E-state index in [1.165, 1.54) is 18.2 Å². The predicted octanol–water partition coefficient (Wildman–Crippen LogP) is 1.56. The van der Waals surface area contributed by atoms with Crippen LogP contribution in [0, 0.1) is 0 Å². The number of aromatic hydroxyl groups is 2. The van der Waals surface area contributed by atoms with Crippen LogP contribution in [-0.2, 0) is 0 Å². The molecule has 1 amide bonds. The smallest absolute Gasteiger partial charge is 0.251 e. The van der Waals surface area contributed by atoms with E-state index in [0.29, 0.717) is 12.1 Å². The number of carbonyl (C=O) groups excluding carboxylic acids is 1. The summed E-state index contributed by atoms with van der Waals surface area (Å²) in [7, 11) is 0. The molecule has 5 heteroatoms. The average Bonchev–Trinajstić information content (AvgIpc) is 2.42. The minimum Gasteiger partial charge on any atom is -0.504 e. The van der Waals surface area contributed by atoms with Crippen molar-refractivity contribution < 1.29 is 15.0 Å². The summed E-state index contributed by atoms with van der Waals surface area (Å²) in [5.74, 6) is -0.747. The first-order valence-corrected chi connectivity index (χ1v) is 6.61. The monoisotopic (exact) mass is 266 g/mol. The van der Waals surface area contributed by atoms with Crippen LogP contribution in [0.5, 0.6) is 11.5 Å². The summed E-state index contributed by atoms with van der Waals surface area (Å²) in [4.78, 5) is 14.1. The first-order valence-electron chi connectivity index (χ1n) is 6.61. The number of rotatable bonds is 7. The maximum absolute atomic E-state index is 11.8. The number of nitrogens with one attached hydrogen (secondary N) is 1. The van der Waals surface area contributed by atoms with Crippen molar-refractivity contribution in [2.75, 3.05) is 26.2 Å². The fraction of sp³-hybridized carbons (Fsp3) is 0.500. The van der Waals surface area contributed by atoms with Crippen molar-refractivity contribution in [3.8, 4) is 11.5 Å². The van der Waals surface area contributed by atoms with E-state index in [0.717, 1.165) is 26.1 Å². The van der Waals surface area contributed by atoms with Crippen molar-refractivity contribution in [2.45, 2.75) is 20.3 Å². The van der Waals surface area contributed by atoms with E-state index >= 15 is 0 Å². The van der Waals surface area contributed by atoms with Crippen molar-refractivity contribution in [3.05, 3.63) is 23.8 Å². The molecule has 0 unspecified atom stereocenters. The molecule has 0 saturated heterocycles. The summed E-state index contributed by atoms with van der Waals surface area (Å²) < 4.78 is 0. The van der Waals surface area contributed by atoms with Gasteiger partial charge >= 0.3 is 0 Å². The van der Waals surface area contributed by atoms with Gasteiger partial charge in [0, 0.05) is 12.1 Å². The Labute approximate surface area is 113 Å². The summed E-state index contributed by atoms with van der Waals surface area (Å²) in [5.41, 5.74) is 0.345. The van der Waals surface area contributed by atoms with Gasteiger partial charge in [0.25, 0.3) is 5.91 Å². The van der Waals surface area contributed by atoms with Gasteiger partial charge in [-0.2, -0.15) is 0 Å². The van der Waals surface area contributed by atoms with Gasteiger partial charge in [0.05, 0.1) is 0 Å². The summed E-state index contributed by atoms with van der Waals surface area (Å²) in [6, 6.07) is 4.05. The Morgan fingerprint density at radius 1 is 1.21 bits per heavy atom. The van der Waals surface area contributed by atoms with Crippen molar-refractivity contribution >= 4 is 5.91 Å². The van der Waals surface area contributed by atoms with Crippen LogP contribution in [0.25, 0.3) is 0 Å². The summed E-state index contributed by atoms with van der Waals surface area (Å²) >= 11 is 0. The van der Waals surface area contributed by atoms with Gasteiger partial charge in [-0.1, -0.05) is 13.8 Å². The molecule has 0 saturated carbocycles. The van der Waals surface area contributed by atoms with Crippen molar-refractivity contribution in [1.82, 2.24) is 10.2 Å². The molecule has 0 atom stereocenters. The number of phenols is 2. The van der Waals surface area contributed by atoms with Crippen LogP contribution in [-0.4, -0.2) is 47.2 Å². The van der Waals surface area contributed by atoms with Crippen molar-refractivity contribution in [3.63, 3.8) is 0 Å². The molecule has 106 valence electrons. The van der Waals surface area contributed by atoms with E-state index in [1.54, 1.807) is 0 Å². The second-order valence-corrected chi connectivity index (χ2v) is 4.34. The lowest BCUT2D eigenvalue weighted by molar-refractivity contribution is 0.0951. The van der Waals surface area contributed by atoms with Gasteiger partial charge < -0.3 is 20.4 Å². The Hall–Kier alpha value is -1.75. The van der Waals surface area contributed by atoms with Gasteiger partial charge in [-0.25, -0.2) is 0 Å². The number of nitrogens with zero attached hydrogens (tertiary/aromatic N) is 1. The molecule has 0 aliphatic rings. The van der Waals surface area contributed by atoms with Gasteiger partial charge in [-0.3, -0.25) is 4.79 Å². The molecule has 3 N–H and O–H groups in total. The maximum atomic E-state index is 11.8. The fourth-order valence-electron chi connectivity index (χ4n) is 1.81. The summed E-state index contributed by atoms with van der Waals surface area (Å²) in [6.07, 6.45) is 0.886. The molecule has 19 heavy (non-hydrogen) atoms. The zero-order valence-corrected chi connectivity index (χ0v) is 11.5. The van der Waals surface area contributed by atoms with Gasteiger partial charge in [-0.15, -0.1) is 0 Å². The molecular weight excluding hydrogens is 244 g/mol. The van der Waals surface area contributed by atoms with E-state index in [1.807, 2.05) is 0 Å². The topological polar surface area (TPSA) is 72.8 Å². The molecular formula is C14H22N2O3. The molecule has 0 spiro atoms. The lowest BCUT2D eigenvalue weighted by atomic mass is 10.2. The van der Waals surface area contributed by atoms with Crippen LogP contribution >= 0.6 is 0 Å². The van der Waals surface area contributed by atoms with E-state index in [9.17, 15) is 9.90 Å². The lowest BCUT2D eigenvalue weighted by Gasteiger charge is -2.17. The fourth-order valence-corrected chi connectivity index (χ4v) is 1.81. The summed E-state index contributed by atoms with van der Waals surface area (Å²) in [6.45, 7) is 7.79. The van der Waals surface area contributed by atoms with Gasteiger partial charge in [0.15, 0.2) is 11.5 Å². The normalized spacial score (nSPS) is 10.7. The van der Waals surface area contributed by atoms with Crippen LogP contribution in [0.15, 0.2) is 18.2 Å². The molecule has 0 aliphatic heterocycles. The quantitative estimate of drug-likeness (QED) is 0.517. The first kappa shape index (κ1) is 15.3. The van der Waals surface area contributed by atoms with E-state index in [2.05, 4.69) is 24.1 Å². The Balaban J connectivity index is 2.37. The molecule has 0 heterocycles. The zero-order valence-electron chi connectivity index (χ0n) is 11.5. The van der Waals surface area contributed by atoms with Crippen molar-refractivity contribution in [2.24, 2.45) is 0 Å². The van der Waals surface area contributed by atoms with Crippen LogP contribution in [0.2, 0.25) is 0 Å². The highest BCUT2D eigenvalue weighted by Crippen LogP contribution is 2.24. The lowest BCUT2D eigenvalue weighted by Crippen LogP contribution is -2.29. The van der Waals surface area contributed by atoms with E-state index < -0.39 is 0 Å². The van der Waals surface area contributed by atoms with Crippen LogP contribution in [0.3, 0.4) is 0 Å². The molecule has 0 aromatic heterocycles. The molecule has 5 nitrogen and oxygen atoms in total. The van der Waals surface area contributed by atoms with Crippen LogP contribution in [0.1, 0.15) is 30.6 Å². The number of hydrogen-bond donors (Lipinski definition) is 3. The van der Waals surface area contributed by atoms with Gasteiger partial charge in [0.1, 0.15) is 0 Å². The summed E-state index contributed by atoms with van der Waals surface area (Å²) in [5, 5.41) is 21.3. The predicted molar refractivity (Wildman–Crippen MR) is 74.5 cm³/mol. The number of phenolic OH excluding ortho intramolecular Hbond substituents is 2. The first-order chi connectivity index (χ1) is 9.08. The molecule has 0 aliphatic carbocycles. The Kier molecular flexibility index (Phi) is 6.15. The molecule has 0 bridgehead atoms. The third-order valence-corrected chi connectivity index (χ3v) is 3.07. The van der Waals surface area contributed by atoms with Gasteiger partial charge in [0.2, 0.25) is 0 Å². The Morgan fingerprint density at radius 2 is 1.89 bits per heavy atom. The SMILES string of the molecule is CCN(CC)CCCNC(=O)c1ccc(O)c(O)c1. The van der Waals surface area contributed by atoms with Crippen molar-refractivity contribution in [1.29, 1.82) is 0 Å². The van der Waals surface area contributed by atoms with Crippen LogP contribution in [0.4, 0.5) is 0 Å². The Bertz CT molecular complexity index is 417. The third-order valence-electron chi connectivity index (χ3n) is 3.07. The highest BCUT2D eigenvalue weighted by molar-refractivity contribution is 5.94. The minimum absolute atomic E-state index is 0.224. The molecule has 0 radical (unpaired) electrons. The van der Waals surface area contributed by atoms with E-state index in [4.69, 9.17) is 5.11 Å². The maximum Gasteiger partial charge on any atom is 0.251 e. The second-order valence-electron chi connectivity index (χ2n) is 4.34. The highest BCUT2D eigenvalue weighted by atomic mass is 16.3. The number of hydrogen-bond acceptors (Lipinski definition) is 4. The number of carbonyl (C=O) groups is 1. The largest absolute Gasteiger partial charge is 0.504 e. The number of benzene rings is 1. The van der Waals surface area contributed by atoms with Gasteiger partial charge in [-0.05, 0) is 44.3 Å². The average molecular weight is 266 g/mol.